The number of pyridine rings is 1. The lowest BCUT2D eigenvalue weighted by Gasteiger charge is -2.35. The molecule has 0 saturated carbocycles. The zero-order valence-electron chi connectivity index (χ0n) is 18.0. The maximum absolute atomic E-state index is 12.6. The van der Waals surface area contributed by atoms with E-state index in [1.54, 1.807) is 56.4 Å². The highest BCUT2D eigenvalue weighted by atomic mass is 16.5. The molecule has 1 amide bonds. The van der Waals surface area contributed by atoms with Crippen molar-refractivity contribution in [1.29, 1.82) is 0 Å². The molecule has 2 aromatic rings. The van der Waals surface area contributed by atoms with E-state index in [1.165, 1.54) is 6.20 Å². The Hall–Kier alpha value is -3.55. The van der Waals surface area contributed by atoms with Crippen LogP contribution in [0.25, 0.3) is 6.08 Å². The summed E-state index contributed by atoms with van der Waals surface area (Å²) in [7, 11) is 3.18. The molecule has 1 aromatic heterocycles. The van der Waals surface area contributed by atoms with Gasteiger partial charge in [-0.3, -0.25) is 4.79 Å². The molecule has 31 heavy (non-hydrogen) atoms. The Morgan fingerprint density at radius 2 is 1.71 bits per heavy atom. The molecule has 8 heteroatoms. The fourth-order valence-electron chi connectivity index (χ4n) is 3.26. The molecule has 0 N–H and O–H groups in total. The van der Waals surface area contributed by atoms with E-state index in [0.717, 1.165) is 11.4 Å². The second-order valence-corrected chi connectivity index (χ2v) is 6.92. The number of carbonyl (C=O) groups is 2. The third-order valence-corrected chi connectivity index (χ3v) is 4.97. The SMILES string of the molecule is CCOC(=O)c1ccc(N2CCN(C(=O)/C=C/c3cc(OC)cc(OC)c3)CC2)nc1. The number of benzene rings is 1. The van der Waals surface area contributed by atoms with Crippen molar-refractivity contribution < 1.29 is 23.8 Å². The van der Waals surface area contributed by atoms with Crippen LogP contribution in [0.5, 0.6) is 11.5 Å². The van der Waals surface area contributed by atoms with Crippen molar-refractivity contribution in [3.8, 4) is 11.5 Å². The summed E-state index contributed by atoms with van der Waals surface area (Å²) in [4.78, 5) is 32.6. The van der Waals surface area contributed by atoms with Gasteiger partial charge in [-0.2, -0.15) is 0 Å². The molecule has 0 atom stereocenters. The van der Waals surface area contributed by atoms with Gasteiger partial charge in [-0.05, 0) is 42.8 Å². The lowest BCUT2D eigenvalue weighted by molar-refractivity contribution is -0.126. The number of piperazine rings is 1. The Bertz CT molecular complexity index is 912. The second-order valence-electron chi connectivity index (χ2n) is 6.92. The van der Waals surface area contributed by atoms with E-state index in [0.29, 0.717) is 49.8 Å². The summed E-state index contributed by atoms with van der Waals surface area (Å²) < 4.78 is 15.5. The molecule has 0 bridgehead atoms. The van der Waals surface area contributed by atoms with E-state index >= 15 is 0 Å². The van der Waals surface area contributed by atoms with Crippen LogP contribution >= 0.6 is 0 Å². The van der Waals surface area contributed by atoms with Crippen LogP contribution in [0, 0.1) is 0 Å². The van der Waals surface area contributed by atoms with Gasteiger partial charge in [-0.1, -0.05) is 0 Å². The number of anilines is 1. The largest absolute Gasteiger partial charge is 0.497 e. The van der Waals surface area contributed by atoms with E-state index < -0.39 is 0 Å². The molecule has 0 aliphatic carbocycles. The summed E-state index contributed by atoms with van der Waals surface area (Å²) >= 11 is 0. The lowest BCUT2D eigenvalue weighted by atomic mass is 10.1. The van der Waals surface area contributed by atoms with Gasteiger partial charge in [0.05, 0.1) is 26.4 Å². The summed E-state index contributed by atoms with van der Waals surface area (Å²) in [6, 6.07) is 8.99. The van der Waals surface area contributed by atoms with E-state index in [-0.39, 0.29) is 11.9 Å². The molecule has 1 aromatic carbocycles. The van der Waals surface area contributed by atoms with Crippen LogP contribution in [0.2, 0.25) is 0 Å². The van der Waals surface area contributed by atoms with E-state index in [2.05, 4.69) is 9.88 Å². The number of nitrogens with zero attached hydrogens (tertiary/aromatic N) is 3. The quantitative estimate of drug-likeness (QED) is 0.498. The normalized spacial score (nSPS) is 13.9. The first-order valence-corrected chi connectivity index (χ1v) is 10.1. The van der Waals surface area contributed by atoms with Crippen LogP contribution in [0.4, 0.5) is 5.82 Å². The molecule has 8 nitrogen and oxygen atoms in total. The van der Waals surface area contributed by atoms with Crippen molar-refractivity contribution in [3.63, 3.8) is 0 Å². The topological polar surface area (TPSA) is 81.2 Å². The van der Waals surface area contributed by atoms with Gasteiger partial charge in [-0.25, -0.2) is 9.78 Å². The van der Waals surface area contributed by atoms with Crippen LogP contribution in [-0.4, -0.2) is 68.8 Å². The first kappa shape index (κ1) is 22.1. The van der Waals surface area contributed by atoms with Crippen LogP contribution < -0.4 is 14.4 Å². The number of amides is 1. The first-order valence-electron chi connectivity index (χ1n) is 10.1. The number of carbonyl (C=O) groups excluding carboxylic acids is 2. The van der Waals surface area contributed by atoms with Crippen LogP contribution in [0.1, 0.15) is 22.8 Å². The van der Waals surface area contributed by atoms with E-state index in [4.69, 9.17) is 14.2 Å². The maximum Gasteiger partial charge on any atom is 0.339 e. The highest BCUT2D eigenvalue weighted by Crippen LogP contribution is 2.23. The van der Waals surface area contributed by atoms with Gasteiger partial charge in [0, 0.05) is 44.5 Å². The third-order valence-electron chi connectivity index (χ3n) is 4.97. The third kappa shape index (κ3) is 5.75. The van der Waals surface area contributed by atoms with Crippen molar-refractivity contribution in [1.82, 2.24) is 9.88 Å². The number of aromatic nitrogens is 1. The summed E-state index contributed by atoms with van der Waals surface area (Å²) in [5.41, 5.74) is 1.26. The molecular weight excluding hydrogens is 398 g/mol. The molecule has 1 saturated heterocycles. The van der Waals surface area contributed by atoms with Gasteiger partial charge < -0.3 is 24.0 Å². The van der Waals surface area contributed by atoms with Crippen molar-refractivity contribution in [2.45, 2.75) is 6.92 Å². The summed E-state index contributed by atoms with van der Waals surface area (Å²) in [5.74, 6) is 1.69. The summed E-state index contributed by atoms with van der Waals surface area (Å²) in [6.45, 7) is 4.61. The Balaban J connectivity index is 1.56. The second kappa shape index (κ2) is 10.5. The van der Waals surface area contributed by atoms with Gasteiger partial charge in [0.1, 0.15) is 17.3 Å². The number of ether oxygens (including phenoxy) is 3. The summed E-state index contributed by atoms with van der Waals surface area (Å²) in [6.07, 6.45) is 4.85. The minimum atomic E-state index is -0.377. The fourth-order valence-corrected chi connectivity index (χ4v) is 3.26. The Morgan fingerprint density at radius 1 is 1.03 bits per heavy atom. The highest BCUT2D eigenvalue weighted by Gasteiger charge is 2.21. The minimum absolute atomic E-state index is 0.0490. The van der Waals surface area contributed by atoms with Crippen molar-refractivity contribution >= 4 is 23.8 Å². The standard InChI is InChI=1S/C23H27N3O5/c1-4-31-23(28)18-6-7-21(24-16-18)25-9-11-26(12-10-25)22(27)8-5-17-13-19(29-2)15-20(14-17)30-3/h5-8,13-16H,4,9-12H2,1-3H3/b8-5+. The van der Waals surface area contributed by atoms with Crippen LogP contribution in [0.15, 0.2) is 42.6 Å². The molecule has 1 aliphatic rings. The van der Waals surface area contributed by atoms with Gasteiger partial charge >= 0.3 is 5.97 Å². The summed E-state index contributed by atoms with van der Waals surface area (Å²) in [5, 5.41) is 0. The Labute approximate surface area is 182 Å². The number of hydrogen-bond donors (Lipinski definition) is 0. The van der Waals surface area contributed by atoms with Gasteiger partial charge in [0.25, 0.3) is 0 Å². The van der Waals surface area contributed by atoms with Crippen molar-refractivity contribution in [2.24, 2.45) is 0 Å². The monoisotopic (exact) mass is 425 g/mol. The number of hydrogen-bond acceptors (Lipinski definition) is 7. The Kier molecular flexibility index (Phi) is 7.48. The van der Waals surface area contributed by atoms with E-state index in [9.17, 15) is 9.59 Å². The molecule has 164 valence electrons. The average molecular weight is 425 g/mol. The molecule has 0 unspecified atom stereocenters. The Morgan fingerprint density at radius 3 is 2.26 bits per heavy atom. The van der Waals surface area contributed by atoms with Gasteiger partial charge in [0.15, 0.2) is 0 Å². The molecule has 0 radical (unpaired) electrons. The first-order chi connectivity index (χ1) is 15.0. The van der Waals surface area contributed by atoms with Gasteiger partial charge in [-0.15, -0.1) is 0 Å². The predicted octanol–water partition coefficient (Wildman–Crippen LogP) is 2.64. The van der Waals surface area contributed by atoms with Gasteiger partial charge in [0.2, 0.25) is 5.91 Å². The smallest absolute Gasteiger partial charge is 0.339 e. The zero-order valence-corrected chi connectivity index (χ0v) is 18.0. The number of esters is 1. The molecular formula is C23H27N3O5. The number of methoxy groups -OCH3 is 2. The number of rotatable bonds is 7. The van der Waals surface area contributed by atoms with Crippen LogP contribution in [-0.2, 0) is 9.53 Å². The van der Waals surface area contributed by atoms with Crippen LogP contribution in [0.3, 0.4) is 0 Å². The molecule has 1 fully saturated rings. The maximum atomic E-state index is 12.6. The minimum Gasteiger partial charge on any atom is -0.497 e. The van der Waals surface area contributed by atoms with Crippen molar-refractivity contribution in [2.75, 3.05) is 51.9 Å². The zero-order chi connectivity index (χ0) is 22.2. The predicted molar refractivity (Wildman–Crippen MR) is 118 cm³/mol. The fraction of sp³-hybridized carbons (Fsp3) is 0.348. The molecule has 2 heterocycles. The molecule has 0 spiro atoms. The van der Waals surface area contributed by atoms with E-state index in [1.807, 2.05) is 12.1 Å². The average Bonchev–Trinajstić information content (AvgIpc) is 2.82. The molecule has 1 aliphatic heterocycles. The van der Waals surface area contributed by atoms with Crippen molar-refractivity contribution in [3.05, 3.63) is 53.7 Å². The lowest BCUT2D eigenvalue weighted by Crippen LogP contribution is -2.48. The highest BCUT2D eigenvalue weighted by molar-refractivity contribution is 5.92. The molecule has 3 rings (SSSR count).